The molecule has 4 rings (SSSR count). The minimum Gasteiger partial charge on any atom is -0.504 e. The Morgan fingerprint density at radius 3 is 2.96 bits per heavy atom. The Balaban J connectivity index is 1.74. The van der Waals surface area contributed by atoms with Crippen LogP contribution in [0.3, 0.4) is 0 Å². The highest BCUT2D eigenvalue weighted by molar-refractivity contribution is 7.23. The topological polar surface area (TPSA) is 79.6 Å². The highest BCUT2D eigenvalue weighted by atomic mass is 32.1. The van der Waals surface area contributed by atoms with Crippen molar-refractivity contribution in [3.05, 3.63) is 53.0 Å². The van der Waals surface area contributed by atoms with E-state index in [4.69, 9.17) is 4.74 Å². The van der Waals surface area contributed by atoms with Crippen LogP contribution in [0.4, 0.5) is 5.82 Å². The Labute approximate surface area is 163 Å². The van der Waals surface area contributed by atoms with Crippen LogP contribution in [0.5, 0.6) is 11.5 Å². The summed E-state index contributed by atoms with van der Waals surface area (Å²) in [6.07, 6.45) is 3.14. The number of aromatic nitrogens is 2. The van der Waals surface area contributed by atoms with Crippen molar-refractivity contribution in [1.82, 2.24) is 9.97 Å². The zero-order valence-electron chi connectivity index (χ0n) is 14.4. The third-order valence-electron chi connectivity index (χ3n) is 3.81. The quantitative estimate of drug-likeness (QED) is 0.355. The molecule has 0 aliphatic rings. The molecule has 6 nitrogen and oxygen atoms in total. The number of thiophene rings is 2. The van der Waals surface area contributed by atoms with Crippen LogP contribution >= 0.6 is 22.7 Å². The molecule has 136 valence electrons. The molecule has 3 heterocycles. The maximum absolute atomic E-state index is 10.7. The number of nitrogens with zero attached hydrogens (tertiary/aromatic N) is 3. The van der Waals surface area contributed by atoms with Gasteiger partial charge in [0.05, 0.1) is 17.7 Å². The van der Waals surface area contributed by atoms with Gasteiger partial charge in [0.25, 0.3) is 0 Å². The summed E-state index contributed by atoms with van der Waals surface area (Å²) in [4.78, 5) is 9.20. The molecular formula is C19H16N4O2S2. The normalized spacial score (nSPS) is 11.3. The van der Waals surface area contributed by atoms with E-state index in [0.717, 1.165) is 21.6 Å². The molecule has 4 aromatic rings. The van der Waals surface area contributed by atoms with Crippen molar-refractivity contribution in [2.45, 2.75) is 6.92 Å². The Kier molecular flexibility index (Phi) is 4.99. The molecule has 0 saturated carbocycles. The van der Waals surface area contributed by atoms with E-state index in [9.17, 15) is 5.11 Å². The summed E-state index contributed by atoms with van der Waals surface area (Å²) >= 11 is 3.01. The number of hydrazone groups is 1. The van der Waals surface area contributed by atoms with Gasteiger partial charge in [-0.15, -0.1) is 11.3 Å². The number of para-hydroxylation sites is 1. The molecule has 0 aliphatic carbocycles. The lowest BCUT2D eigenvalue weighted by Gasteiger charge is -2.08. The van der Waals surface area contributed by atoms with Gasteiger partial charge in [-0.3, -0.25) is 5.43 Å². The first-order valence-electron chi connectivity index (χ1n) is 8.28. The van der Waals surface area contributed by atoms with E-state index in [2.05, 4.69) is 20.5 Å². The fourth-order valence-electron chi connectivity index (χ4n) is 2.61. The molecule has 3 aromatic heterocycles. The van der Waals surface area contributed by atoms with Crippen molar-refractivity contribution < 1.29 is 9.84 Å². The van der Waals surface area contributed by atoms with Gasteiger partial charge in [0, 0.05) is 11.1 Å². The van der Waals surface area contributed by atoms with E-state index < -0.39 is 0 Å². The maximum atomic E-state index is 10.7. The van der Waals surface area contributed by atoms with Crippen LogP contribution in [0, 0.1) is 0 Å². The van der Waals surface area contributed by atoms with Crippen LogP contribution in [0.1, 0.15) is 12.5 Å². The van der Waals surface area contributed by atoms with Crippen molar-refractivity contribution in [3.8, 4) is 21.9 Å². The largest absolute Gasteiger partial charge is 0.504 e. The van der Waals surface area contributed by atoms with Crippen LogP contribution in [0.25, 0.3) is 20.7 Å². The molecule has 0 radical (unpaired) electrons. The van der Waals surface area contributed by atoms with Gasteiger partial charge in [-0.1, -0.05) is 12.1 Å². The molecule has 0 amide bonds. The molecule has 8 heteroatoms. The van der Waals surface area contributed by atoms with Crippen LogP contribution in [-0.4, -0.2) is 27.9 Å². The standard InChI is InChI=1S/C19H16N4O2S2/c1-2-25-14-6-4-3-5-13(14)17-16(24)15-18(27-17)19(21-11-20-15)23-22-9-12-7-8-26-10-12/h3-11,24H,2H2,1H3,(H,20,21,23). The fraction of sp³-hybridized carbons (Fsp3) is 0.105. The van der Waals surface area contributed by atoms with Crippen LogP contribution in [0.15, 0.2) is 52.5 Å². The fourth-order valence-corrected chi connectivity index (χ4v) is 4.34. The van der Waals surface area contributed by atoms with E-state index in [1.165, 1.54) is 17.7 Å². The molecule has 1 aromatic carbocycles. The number of aromatic hydroxyl groups is 1. The highest BCUT2D eigenvalue weighted by Crippen LogP contribution is 2.47. The average molecular weight is 396 g/mol. The number of hydrogen-bond acceptors (Lipinski definition) is 8. The average Bonchev–Trinajstić information content (AvgIpc) is 3.32. The Hall–Kier alpha value is -2.97. The van der Waals surface area contributed by atoms with E-state index in [1.807, 2.05) is 48.0 Å². The molecule has 0 saturated heterocycles. The zero-order valence-corrected chi connectivity index (χ0v) is 16.0. The SMILES string of the molecule is CCOc1ccccc1-c1sc2c(NN=Cc3ccsc3)ncnc2c1O. The van der Waals surface area contributed by atoms with Crippen LogP contribution < -0.4 is 10.2 Å². The van der Waals surface area contributed by atoms with E-state index in [0.29, 0.717) is 22.8 Å². The predicted octanol–water partition coefficient (Wildman–Crippen LogP) is 4.97. The van der Waals surface area contributed by atoms with Gasteiger partial charge in [-0.05, 0) is 35.9 Å². The van der Waals surface area contributed by atoms with Crippen molar-refractivity contribution >= 4 is 44.9 Å². The molecule has 0 fully saturated rings. The molecular weight excluding hydrogens is 380 g/mol. The van der Waals surface area contributed by atoms with Crippen molar-refractivity contribution in [2.24, 2.45) is 5.10 Å². The summed E-state index contributed by atoms with van der Waals surface area (Å²) in [5, 5.41) is 19.0. The van der Waals surface area contributed by atoms with E-state index in [1.54, 1.807) is 17.6 Å². The van der Waals surface area contributed by atoms with Crippen LogP contribution in [0.2, 0.25) is 0 Å². The summed E-state index contributed by atoms with van der Waals surface area (Å²) < 4.78 is 6.44. The zero-order chi connectivity index (χ0) is 18.6. The second-order valence-corrected chi connectivity index (χ2v) is 7.34. The first kappa shape index (κ1) is 17.4. The van der Waals surface area contributed by atoms with Gasteiger partial charge < -0.3 is 9.84 Å². The Bertz CT molecular complexity index is 1090. The second-order valence-electron chi connectivity index (χ2n) is 5.54. The van der Waals surface area contributed by atoms with Crippen molar-refractivity contribution in [3.63, 3.8) is 0 Å². The Morgan fingerprint density at radius 2 is 2.15 bits per heavy atom. The monoisotopic (exact) mass is 396 g/mol. The lowest BCUT2D eigenvalue weighted by molar-refractivity contribution is 0.341. The summed E-state index contributed by atoms with van der Waals surface area (Å²) in [6.45, 7) is 2.48. The van der Waals surface area contributed by atoms with Gasteiger partial charge in [0.2, 0.25) is 0 Å². The number of rotatable bonds is 6. The van der Waals surface area contributed by atoms with Crippen molar-refractivity contribution in [1.29, 1.82) is 0 Å². The van der Waals surface area contributed by atoms with Gasteiger partial charge in [-0.2, -0.15) is 16.4 Å². The van der Waals surface area contributed by atoms with Gasteiger partial charge in [-0.25, -0.2) is 9.97 Å². The molecule has 0 spiro atoms. The van der Waals surface area contributed by atoms with Crippen molar-refractivity contribution in [2.75, 3.05) is 12.0 Å². The number of nitrogens with one attached hydrogen (secondary N) is 1. The maximum Gasteiger partial charge on any atom is 0.167 e. The number of anilines is 1. The molecule has 27 heavy (non-hydrogen) atoms. The minimum atomic E-state index is 0.120. The smallest absolute Gasteiger partial charge is 0.167 e. The molecule has 0 aliphatic heterocycles. The summed E-state index contributed by atoms with van der Waals surface area (Å²) in [7, 11) is 0. The number of ether oxygens (including phenoxy) is 1. The summed E-state index contributed by atoms with van der Waals surface area (Å²) in [5.74, 6) is 1.39. The minimum absolute atomic E-state index is 0.120. The number of fused-ring (bicyclic) bond motifs is 1. The van der Waals surface area contributed by atoms with Gasteiger partial charge in [0.15, 0.2) is 11.6 Å². The lowest BCUT2D eigenvalue weighted by Crippen LogP contribution is -1.93. The third-order valence-corrected chi connectivity index (χ3v) is 5.72. The van der Waals surface area contributed by atoms with Gasteiger partial charge in [0.1, 0.15) is 22.3 Å². The summed E-state index contributed by atoms with van der Waals surface area (Å²) in [6, 6.07) is 9.61. The lowest BCUT2D eigenvalue weighted by atomic mass is 10.1. The first-order valence-corrected chi connectivity index (χ1v) is 10.0. The predicted molar refractivity (Wildman–Crippen MR) is 111 cm³/mol. The Morgan fingerprint density at radius 1 is 1.26 bits per heavy atom. The molecule has 0 atom stereocenters. The second kappa shape index (κ2) is 7.73. The first-order chi connectivity index (χ1) is 13.3. The number of hydrogen-bond donors (Lipinski definition) is 2. The molecule has 0 bridgehead atoms. The number of benzene rings is 1. The van der Waals surface area contributed by atoms with E-state index >= 15 is 0 Å². The third kappa shape index (κ3) is 3.49. The summed E-state index contributed by atoms with van der Waals surface area (Å²) in [5.41, 5.74) is 5.28. The van der Waals surface area contributed by atoms with Gasteiger partial charge >= 0.3 is 0 Å². The highest BCUT2D eigenvalue weighted by Gasteiger charge is 2.19. The van der Waals surface area contributed by atoms with E-state index in [-0.39, 0.29) is 5.75 Å². The molecule has 2 N–H and O–H groups in total. The molecule has 0 unspecified atom stereocenters. The van der Waals surface area contributed by atoms with Crippen LogP contribution in [-0.2, 0) is 0 Å².